The number of rotatable bonds is 6. The summed E-state index contributed by atoms with van der Waals surface area (Å²) in [5.41, 5.74) is 1.68. The minimum Gasteiger partial charge on any atom is -0.313 e. The molecule has 114 valence electrons. The summed E-state index contributed by atoms with van der Waals surface area (Å²) in [5.74, 6) is 0.768. The van der Waals surface area contributed by atoms with Crippen molar-refractivity contribution in [2.75, 3.05) is 6.54 Å². The highest BCUT2D eigenvalue weighted by atomic mass is 15.2. The van der Waals surface area contributed by atoms with Crippen LogP contribution in [0.15, 0.2) is 12.3 Å². The van der Waals surface area contributed by atoms with Gasteiger partial charge in [0.1, 0.15) is 0 Å². The van der Waals surface area contributed by atoms with Crippen LogP contribution in [-0.2, 0) is 13.5 Å². The smallest absolute Gasteiger partial charge is 0.0640 e. The first-order valence-electron chi connectivity index (χ1n) is 8.25. The van der Waals surface area contributed by atoms with E-state index in [9.17, 15) is 0 Å². The van der Waals surface area contributed by atoms with Crippen molar-refractivity contribution >= 4 is 0 Å². The summed E-state index contributed by atoms with van der Waals surface area (Å²) in [5, 5.41) is 8.38. The third kappa shape index (κ3) is 3.85. The molecule has 1 aliphatic carbocycles. The van der Waals surface area contributed by atoms with Gasteiger partial charge in [-0.05, 0) is 43.2 Å². The van der Waals surface area contributed by atoms with Crippen LogP contribution in [0.1, 0.15) is 58.6 Å². The van der Waals surface area contributed by atoms with Crippen LogP contribution in [-0.4, -0.2) is 22.4 Å². The van der Waals surface area contributed by atoms with Gasteiger partial charge in [-0.3, -0.25) is 4.68 Å². The number of nitrogens with zero attached hydrogens (tertiary/aromatic N) is 2. The molecule has 2 unspecified atom stereocenters. The highest BCUT2D eigenvalue weighted by molar-refractivity contribution is 5.04. The van der Waals surface area contributed by atoms with Crippen LogP contribution in [0.25, 0.3) is 0 Å². The first-order valence-corrected chi connectivity index (χ1v) is 8.25. The molecule has 0 saturated heterocycles. The molecule has 1 aliphatic rings. The maximum Gasteiger partial charge on any atom is 0.0640 e. The molecule has 1 aromatic rings. The molecule has 0 bridgehead atoms. The third-order valence-corrected chi connectivity index (χ3v) is 4.93. The first kappa shape index (κ1) is 15.6. The van der Waals surface area contributed by atoms with Crippen LogP contribution < -0.4 is 5.32 Å². The Hall–Kier alpha value is -0.830. The van der Waals surface area contributed by atoms with Gasteiger partial charge in [-0.2, -0.15) is 5.10 Å². The summed E-state index contributed by atoms with van der Waals surface area (Å²) in [6.45, 7) is 8.27. The number of hydrogen-bond donors (Lipinski definition) is 1. The zero-order valence-corrected chi connectivity index (χ0v) is 13.7. The summed E-state index contributed by atoms with van der Waals surface area (Å²) in [6.07, 6.45) is 9.83. The molecular weight excluding hydrogens is 246 g/mol. The van der Waals surface area contributed by atoms with Crippen molar-refractivity contribution in [1.29, 1.82) is 0 Å². The standard InChI is InChI=1S/C17H31N3/c1-5-11-18-16(13-14-9-12-20(4)19-14)15-8-6-7-10-17(15,2)3/h9,12,15-16,18H,5-8,10-11,13H2,1-4H3. The van der Waals surface area contributed by atoms with Crippen LogP contribution in [0.5, 0.6) is 0 Å². The summed E-state index contributed by atoms with van der Waals surface area (Å²) in [6, 6.07) is 2.73. The molecule has 0 spiro atoms. The lowest BCUT2D eigenvalue weighted by atomic mass is 9.65. The maximum atomic E-state index is 4.58. The van der Waals surface area contributed by atoms with Gasteiger partial charge >= 0.3 is 0 Å². The molecule has 0 aromatic carbocycles. The summed E-state index contributed by atoms with van der Waals surface area (Å²) < 4.78 is 1.91. The van der Waals surface area contributed by atoms with E-state index < -0.39 is 0 Å². The van der Waals surface area contributed by atoms with Crippen LogP contribution >= 0.6 is 0 Å². The Bertz CT molecular complexity index is 408. The molecule has 1 N–H and O–H groups in total. The van der Waals surface area contributed by atoms with Gasteiger partial charge in [0.2, 0.25) is 0 Å². The van der Waals surface area contributed by atoms with Crippen molar-refractivity contribution in [3.8, 4) is 0 Å². The van der Waals surface area contributed by atoms with Crippen molar-refractivity contribution in [3.63, 3.8) is 0 Å². The van der Waals surface area contributed by atoms with Gasteiger partial charge in [-0.15, -0.1) is 0 Å². The Kier molecular flexibility index (Phi) is 5.25. The van der Waals surface area contributed by atoms with Crippen molar-refractivity contribution in [3.05, 3.63) is 18.0 Å². The summed E-state index contributed by atoms with van der Waals surface area (Å²) >= 11 is 0. The van der Waals surface area contributed by atoms with Gasteiger partial charge in [0.25, 0.3) is 0 Å². The molecule has 0 aliphatic heterocycles. The van der Waals surface area contributed by atoms with Crippen LogP contribution in [0.4, 0.5) is 0 Å². The Morgan fingerprint density at radius 3 is 2.85 bits per heavy atom. The largest absolute Gasteiger partial charge is 0.313 e. The van der Waals surface area contributed by atoms with E-state index in [0.29, 0.717) is 11.5 Å². The van der Waals surface area contributed by atoms with E-state index in [-0.39, 0.29) is 0 Å². The average molecular weight is 277 g/mol. The second-order valence-corrected chi connectivity index (χ2v) is 7.09. The average Bonchev–Trinajstić information content (AvgIpc) is 2.80. The van der Waals surface area contributed by atoms with E-state index in [2.05, 4.69) is 43.4 Å². The number of nitrogens with one attached hydrogen (secondary N) is 1. The lowest BCUT2D eigenvalue weighted by molar-refractivity contribution is 0.0977. The summed E-state index contributed by atoms with van der Waals surface area (Å²) in [7, 11) is 2.00. The van der Waals surface area contributed by atoms with Crippen molar-refractivity contribution in [1.82, 2.24) is 15.1 Å². The molecule has 0 amide bonds. The zero-order chi connectivity index (χ0) is 14.6. The Balaban J connectivity index is 2.09. The molecule has 1 fully saturated rings. The van der Waals surface area contributed by atoms with E-state index in [1.807, 2.05) is 11.7 Å². The normalized spacial score (nSPS) is 23.7. The molecule has 0 radical (unpaired) electrons. The molecular formula is C17H31N3. The SMILES string of the molecule is CCCNC(Cc1ccn(C)n1)C1CCCCC1(C)C. The van der Waals surface area contributed by atoms with Crippen LogP contribution in [0.2, 0.25) is 0 Å². The van der Waals surface area contributed by atoms with Gasteiger partial charge < -0.3 is 5.32 Å². The monoisotopic (exact) mass is 277 g/mol. The van der Waals surface area contributed by atoms with E-state index in [0.717, 1.165) is 18.9 Å². The Morgan fingerprint density at radius 2 is 2.25 bits per heavy atom. The van der Waals surface area contributed by atoms with Gasteiger partial charge in [0.05, 0.1) is 5.69 Å². The number of aromatic nitrogens is 2. The fraction of sp³-hybridized carbons (Fsp3) is 0.824. The van der Waals surface area contributed by atoms with Gasteiger partial charge in [0.15, 0.2) is 0 Å². The van der Waals surface area contributed by atoms with Crippen LogP contribution in [0, 0.1) is 11.3 Å². The molecule has 2 atom stereocenters. The lowest BCUT2D eigenvalue weighted by Gasteiger charge is -2.43. The minimum absolute atomic E-state index is 0.457. The number of hydrogen-bond acceptors (Lipinski definition) is 2. The van der Waals surface area contributed by atoms with Crippen molar-refractivity contribution in [2.45, 2.75) is 65.3 Å². The summed E-state index contributed by atoms with van der Waals surface area (Å²) in [4.78, 5) is 0. The van der Waals surface area contributed by atoms with E-state index in [4.69, 9.17) is 0 Å². The molecule has 3 heteroatoms. The van der Waals surface area contributed by atoms with E-state index >= 15 is 0 Å². The highest BCUT2D eigenvalue weighted by Crippen LogP contribution is 2.42. The molecule has 2 rings (SSSR count). The van der Waals surface area contributed by atoms with Crippen LogP contribution in [0.3, 0.4) is 0 Å². The highest BCUT2D eigenvalue weighted by Gasteiger charge is 2.37. The fourth-order valence-electron chi connectivity index (χ4n) is 3.75. The molecule has 1 heterocycles. The third-order valence-electron chi connectivity index (χ3n) is 4.93. The second-order valence-electron chi connectivity index (χ2n) is 7.09. The Labute approximate surface area is 124 Å². The van der Waals surface area contributed by atoms with Crippen molar-refractivity contribution in [2.24, 2.45) is 18.4 Å². The predicted octanol–water partition coefficient (Wildman–Crippen LogP) is 3.55. The topological polar surface area (TPSA) is 29.9 Å². The first-order chi connectivity index (χ1) is 9.53. The van der Waals surface area contributed by atoms with E-state index in [1.165, 1.54) is 37.8 Å². The molecule has 20 heavy (non-hydrogen) atoms. The molecule has 3 nitrogen and oxygen atoms in total. The molecule has 1 aromatic heterocycles. The van der Waals surface area contributed by atoms with Gasteiger partial charge in [-0.1, -0.05) is 33.6 Å². The molecule has 1 saturated carbocycles. The maximum absolute atomic E-state index is 4.58. The Morgan fingerprint density at radius 1 is 1.45 bits per heavy atom. The van der Waals surface area contributed by atoms with Gasteiger partial charge in [0, 0.05) is 25.7 Å². The number of aryl methyl sites for hydroxylation is 1. The van der Waals surface area contributed by atoms with Crippen molar-refractivity contribution < 1.29 is 0 Å². The van der Waals surface area contributed by atoms with E-state index in [1.54, 1.807) is 0 Å². The zero-order valence-electron chi connectivity index (χ0n) is 13.7. The quantitative estimate of drug-likeness (QED) is 0.862. The fourth-order valence-corrected chi connectivity index (χ4v) is 3.75. The second kappa shape index (κ2) is 6.75. The lowest BCUT2D eigenvalue weighted by Crippen LogP contribution is -2.46. The predicted molar refractivity (Wildman–Crippen MR) is 84.7 cm³/mol. The minimum atomic E-state index is 0.457. The van der Waals surface area contributed by atoms with Gasteiger partial charge in [-0.25, -0.2) is 0 Å².